The summed E-state index contributed by atoms with van der Waals surface area (Å²) in [5, 5.41) is 3.36. The summed E-state index contributed by atoms with van der Waals surface area (Å²) in [6.07, 6.45) is 6.12. The van der Waals surface area contributed by atoms with Gasteiger partial charge in [-0.15, -0.1) is 0 Å². The van der Waals surface area contributed by atoms with Crippen LogP contribution in [0.5, 0.6) is 0 Å². The van der Waals surface area contributed by atoms with E-state index in [1.165, 1.54) is 6.42 Å². The van der Waals surface area contributed by atoms with Gasteiger partial charge in [0.1, 0.15) is 5.15 Å². The van der Waals surface area contributed by atoms with Crippen molar-refractivity contribution in [3.63, 3.8) is 0 Å². The van der Waals surface area contributed by atoms with Crippen LogP contribution >= 0.6 is 11.6 Å². The van der Waals surface area contributed by atoms with Crippen LogP contribution < -0.4 is 5.32 Å². The lowest BCUT2D eigenvalue weighted by atomic mass is 9.89. The molecule has 104 valence electrons. The Hall–Kier alpha value is -1.13. The molecular weight excluding hydrogens is 262 g/mol. The molecule has 1 N–H and O–H groups in total. The van der Waals surface area contributed by atoms with Gasteiger partial charge in [0.2, 0.25) is 0 Å². The molecule has 1 amide bonds. The smallest absolute Gasteiger partial charge is 0.254 e. The first-order valence-corrected chi connectivity index (χ1v) is 7.05. The number of nitrogens with one attached hydrogen (secondary N) is 1. The van der Waals surface area contributed by atoms with E-state index in [-0.39, 0.29) is 17.1 Å². The molecule has 19 heavy (non-hydrogen) atoms. The molecule has 1 aromatic rings. The highest BCUT2D eigenvalue weighted by molar-refractivity contribution is 6.32. The van der Waals surface area contributed by atoms with Crippen molar-refractivity contribution >= 4 is 17.5 Å². The van der Waals surface area contributed by atoms with Crippen molar-refractivity contribution in [1.82, 2.24) is 15.2 Å². The van der Waals surface area contributed by atoms with Crippen molar-refractivity contribution in [2.24, 2.45) is 0 Å². The number of aromatic nitrogens is 1. The summed E-state index contributed by atoms with van der Waals surface area (Å²) in [5.41, 5.74) is 0.451. The maximum atomic E-state index is 12.2. The Morgan fingerprint density at radius 3 is 2.84 bits per heavy atom. The van der Waals surface area contributed by atoms with Crippen molar-refractivity contribution in [2.75, 3.05) is 14.1 Å². The highest BCUT2D eigenvalue weighted by Gasteiger charge is 2.28. The van der Waals surface area contributed by atoms with Gasteiger partial charge in [0.05, 0.1) is 5.56 Å². The van der Waals surface area contributed by atoms with E-state index in [9.17, 15) is 4.79 Å². The minimum absolute atomic E-state index is 0.128. The topological polar surface area (TPSA) is 45.2 Å². The number of halogens is 1. The first-order valence-electron chi connectivity index (χ1n) is 6.67. The van der Waals surface area contributed by atoms with Gasteiger partial charge >= 0.3 is 0 Å². The second kappa shape index (κ2) is 6.35. The molecule has 1 aliphatic carbocycles. The Morgan fingerprint density at radius 1 is 1.42 bits per heavy atom. The minimum Gasteiger partial charge on any atom is -0.348 e. The molecule has 5 heteroatoms. The van der Waals surface area contributed by atoms with E-state index in [0.717, 1.165) is 19.3 Å². The number of carbonyl (C=O) groups is 1. The average Bonchev–Trinajstić information content (AvgIpc) is 2.39. The van der Waals surface area contributed by atoms with Gasteiger partial charge < -0.3 is 10.2 Å². The van der Waals surface area contributed by atoms with Crippen molar-refractivity contribution < 1.29 is 4.79 Å². The van der Waals surface area contributed by atoms with Crippen LogP contribution in [-0.2, 0) is 0 Å². The van der Waals surface area contributed by atoms with Gasteiger partial charge in [-0.1, -0.05) is 24.4 Å². The van der Waals surface area contributed by atoms with E-state index in [4.69, 9.17) is 11.6 Å². The molecule has 1 aromatic heterocycles. The number of carbonyl (C=O) groups excluding carboxylic acids is 1. The molecule has 2 rings (SSSR count). The third kappa shape index (κ3) is 3.45. The fourth-order valence-corrected chi connectivity index (χ4v) is 2.90. The zero-order valence-corrected chi connectivity index (χ0v) is 12.2. The number of nitrogens with zero attached hydrogens (tertiary/aromatic N) is 2. The SMILES string of the molecule is CN(C)[C@@H]1CCCC[C@H]1NC(=O)c1cccnc1Cl. The Balaban J connectivity index is 2.07. The van der Waals surface area contributed by atoms with Crippen molar-refractivity contribution in [3.05, 3.63) is 29.0 Å². The van der Waals surface area contributed by atoms with Gasteiger partial charge in [-0.2, -0.15) is 0 Å². The predicted octanol–water partition coefficient (Wildman–Crippen LogP) is 2.34. The third-order valence-corrected chi connectivity index (χ3v) is 4.01. The molecule has 2 atom stereocenters. The van der Waals surface area contributed by atoms with E-state index in [1.54, 1.807) is 18.3 Å². The Bertz CT molecular complexity index is 450. The summed E-state index contributed by atoms with van der Waals surface area (Å²) in [6, 6.07) is 4.02. The normalized spacial score (nSPS) is 23.4. The van der Waals surface area contributed by atoms with E-state index < -0.39 is 0 Å². The van der Waals surface area contributed by atoms with Crippen LogP contribution in [0, 0.1) is 0 Å². The van der Waals surface area contributed by atoms with Crippen LogP contribution in [0.3, 0.4) is 0 Å². The second-order valence-corrected chi connectivity index (χ2v) is 5.60. The second-order valence-electron chi connectivity index (χ2n) is 5.24. The summed E-state index contributed by atoms with van der Waals surface area (Å²) < 4.78 is 0. The maximum Gasteiger partial charge on any atom is 0.254 e. The van der Waals surface area contributed by atoms with Crippen LogP contribution in [0.15, 0.2) is 18.3 Å². The zero-order valence-electron chi connectivity index (χ0n) is 11.4. The van der Waals surface area contributed by atoms with Gasteiger partial charge in [0.25, 0.3) is 5.91 Å². The summed E-state index contributed by atoms with van der Waals surface area (Å²) >= 11 is 5.95. The molecule has 0 bridgehead atoms. The molecule has 0 aliphatic heterocycles. The van der Waals surface area contributed by atoms with Gasteiger partial charge in [-0.3, -0.25) is 4.79 Å². The van der Waals surface area contributed by atoms with Crippen molar-refractivity contribution in [2.45, 2.75) is 37.8 Å². The molecule has 1 fully saturated rings. The molecule has 0 aromatic carbocycles. The van der Waals surface area contributed by atoms with Crippen LogP contribution in [-0.4, -0.2) is 42.0 Å². The van der Waals surface area contributed by atoms with Crippen molar-refractivity contribution in [1.29, 1.82) is 0 Å². The summed E-state index contributed by atoms with van der Waals surface area (Å²) in [4.78, 5) is 18.4. The van der Waals surface area contributed by atoms with Gasteiger partial charge in [-0.05, 0) is 39.1 Å². The Morgan fingerprint density at radius 2 is 2.16 bits per heavy atom. The largest absolute Gasteiger partial charge is 0.348 e. The standard InChI is InChI=1S/C14H20ClN3O/c1-18(2)12-8-4-3-7-11(12)17-14(19)10-6-5-9-16-13(10)15/h5-6,9,11-12H,3-4,7-8H2,1-2H3,(H,17,19)/t11-,12-/m1/s1. The van der Waals surface area contributed by atoms with Gasteiger partial charge in [0.15, 0.2) is 0 Å². The average molecular weight is 282 g/mol. The van der Waals surface area contributed by atoms with Crippen LogP contribution in [0.1, 0.15) is 36.0 Å². The number of amides is 1. The van der Waals surface area contributed by atoms with E-state index in [1.807, 2.05) is 0 Å². The summed E-state index contributed by atoms with van der Waals surface area (Å²) in [5.74, 6) is -0.128. The molecule has 0 saturated heterocycles. The van der Waals surface area contributed by atoms with Gasteiger partial charge in [-0.25, -0.2) is 4.98 Å². The lowest BCUT2D eigenvalue weighted by Gasteiger charge is -2.36. The summed E-state index contributed by atoms with van der Waals surface area (Å²) in [6.45, 7) is 0. The van der Waals surface area contributed by atoms with Gasteiger partial charge in [0, 0.05) is 18.3 Å². The highest BCUT2D eigenvalue weighted by atomic mass is 35.5. The quantitative estimate of drug-likeness (QED) is 0.865. The number of hydrogen-bond donors (Lipinski definition) is 1. The zero-order chi connectivity index (χ0) is 13.8. The molecular formula is C14H20ClN3O. The molecule has 0 spiro atoms. The Kier molecular flexibility index (Phi) is 4.77. The van der Waals surface area contributed by atoms with Crippen LogP contribution in [0.2, 0.25) is 5.15 Å². The first-order chi connectivity index (χ1) is 9.09. The first kappa shape index (κ1) is 14.3. The number of rotatable bonds is 3. The number of pyridine rings is 1. The highest BCUT2D eigenvalue weighted by Crippen LogP contribution is 2.22. The predicted molar refractivity (Wildman–Crippen MR) is 76.4 cm³/mol. The summed E-state index contributed by atoms with van der Waals surface area (Å²) in [7, 11) is 4.12. The molecule has 1 saturated carbocycles. The molecule has 0 unspecified atom stereocenters. The lowest BCUT2D eigenvalue weighted by Crippen LogP contribution is -2.51. The fourth-order valence-electron chi connectivity index (χ4n) is 2.70. The molecule has 1 aliphatic rings. The molecule has 1 heterocycles. The number of hydrogen-bond acceptors (Lipinski definition) is 3. The monoisotopic (exact) mass is 281 g/mol. The third-order valence-electron chi connectivity index (χ3n) is 3.71. The maximum absolute atomic E-state index is 12.2. The minimum atomic E-state index is -0.128. The van der Waals surface area contributed by atoms with E-state index in [2.05, 4.69) is 29.3 Å². The van der Waals surface area contributed by atoms with Crippen LogP contribution in [0.25, 0.3) is 0 Å². The van der Waals surface area contributed by atoms with Crippen LogP contribution in [0.4, 0.5) is 0 Å². The molecule has 4 nitrogen and oxygen atoms in total. The molecule has 0 radical (unpaired) electrons. The fraction of sp³-hybridized carbons (Fsp3) is 0.571. The van der Waals surface area contributed by atoms with Crippen molar-refractivity contribution in [3.8, 4) is 0 Å². The Labute approximate surface area is 119 Å². The lowest BCUT2D eigenvalue weighted by molar-refractivity contribution is 0.0882. The van der Waals surface area contributed by atoms with E-state index in [0.29, 0.717) is 11.6 Å². The number of likely N-dealkylation sites (N-methyl/N-ethyl adjacent to an activating group) is 1. The van der Waals surface area contributed by atoms with E-state index >= 15 is 0 Å².